The number of anilines is 1. The monoisotopic (exact) mass is 632 g/mol. The molecule has 2 amide bonds. The molecule has 35 heavy (non-hydrogen) atoms. The molecule has 0 atom stereocenters. The molecule has 2 N–H and O–H groups in total. The van der Waals surface area contributed by atoms with Crippen LogP contribution in [0.3, 0.4) is 0 Å². The summed E-state index contributed by atoms with van der Waals surface area (Å²) in [4.78, 5) is 34.9. The topological polar surface area (TPSA) is 110 Å². The highest BCUT2D eigenvalue weighted by Gasteiger charge is 2.25. The van der Waals surface area contributed by atoms with Crippen molar-refractivity contribution in [2.75, 3.05) is 18.5 Å². The summed E-state index contributed by atoms with van der Waals surface area (Å²) in [5.41, 5.74) is -0.694. The van der Waals surface area contributed by atoms with Crippen molar-refractivity contribution in [2.45, 2.75) is 13.3 Å². The molecule has 0 spiro atoms. The third-order valence-corrected chi connectivity index (χ3v) is 5.67. The number of aromatic nitrogens is 3. The quantitative estimate of drug-likeness (QED) is 0.243. The second kappa shape index (κ2) is 12.2. The highest BCUT2D eigenvalue weighted by atomic mass is 79.9. The molecular weight excluding hydrogens is 618 g/mol. The van der Waals surface area contributed by atoms with Gasteiger partial charge in [0, 0.05) is 15.1 Å². The Hall–Kier alpha value is -2.90. The van der Waals surface area contributed by atoms with Crippen LogP contribution in [0.1, 0.15) is 39.9 Å². The Morgan fingerprint density at radius 3 is 2.74 bits per heavy atom. The molecule has 9 nitrogen and oxygen atoms in total. The summed E-state index contributed by atoms with van der Waals surface area (Å²) in [6, 6.07) is 7.07. The van der Waals surface area contributed by atoms with Crippen LogP contribution in [0, 0.1) is 0 Å². The first kappa shape index (κ1) is 26.7. The maximum absolute atomic E-state index is 13.4. The number of rotatable bonds is 9. The second-order valence-electron chi connectivity index (χ2n) is 6.66. The number of carbonyl (C=O) groups excluding carboxylic acids is 2. The van der Waals surface area contributed by atoms with E-state index in [2.05, 4.69) is 57.7 Å². The van der Waals surface area contributed by atoms with E-state index in [0.717, 1.165) is 10.7 Å². The van der Waals surface area contributed by atoms with Gasteiger partial charge in [0.15, 0.2) is 5.82 Å². The number of nitrogens with one attached hydrogen (secondary N) is 2. The largest absolute Gasteiger partial charge is 0.396 e. The van der Waals surface area contributed by atoms with Crippen LogP contribution >= 0.6 is 43.5 Å². The van der Waals surface area contributed by atoms with Crippen molar-refractivity contribution in [3.63, 3.8) is 0 Å². The molecule has 0 bridgehead atoms. The first-order valence-electron chi connectivity index (χ1n) is 9.94. The number of amides is 2. The molecule has 184 valence electrons. The predicted molar refractivity (Wildman–Crippen MR) is 134 cm³/mol. The summed E-state index contributed by atoms with van der Waals surface area (Å²) >= 11 is 12.8. The lowest BCUT2D eigenvalue weighted by Gasteiger charge is -2.14. The standard InChI is InChI=1S/C21H17Br2ClF2N6O3/c1-2-35-29-7-6-28-20(33)12-8-11(22)9-13(23)17(12)30-21(34)16-10-15(18(25)26)31-32(16)19-14(24)4-3-5-27-19/h3-5,7-10,18H,2,6H2,1H3,(H,28,33)(H,30,34)/b29-7+. The number of carbonyl (C=O) groups is 2. The van der Waals surface area contributed by atoms with Crippen LogP contribution in [0.25, 0.3) is 5.82 Å². The molecule has 0 aliphatic carbocycles. The normalized spacial score (nSPS) is 11.2. The van der Waals surface area contributed by atoms with E-state index in [-0.39, 0.29) is 34.3 Å². The molecule has 2 aromatic heterocycles. The molecule has 0 fully saturated rings. The van der Waals surface area contributed by atoms with Gasteiger partial charge in [0.05, 0.1) is 29.0 Å². The van der Waals surface area contributed by atoms with Crippen molar-refractivity contribution in [1.29, 1.82) is 0 Å². The average molecular weight is 635 g/mol. The van der Waals surface area contributed by atoms with Crippen molar-refractivity contribution < 1.29 is 23.2 Å². The number of halogens is 5. The summed E-state index contributed by atoms with van der Waals surface area (Å²) in [7, 11) is 0. The van der Waals surface area contributed by atoms with Gasteiger partial charge >= 0.3 is 0 Å². The average Bonchev–Trinajstić information content (AvgIpc) is 3.26. The van der Waals surface area contributed by atoms with E-state index in [0.29, 0.717) is 15.6 Å². The van der Waals surface area contributed by atoms with Crippen LogP contribution in [0.4, 0.5) is 14.5 Å². The molecular formula is C21H17Br2ClF2N6O3. The van der Waals surface area contributed by atoms with Crippen molar-refractivity contribution in [2.24, 2.45) is 5.16 Å². The molecule has 2 heterocycles. The number of oxime groups is 1. The number of pyridine rings is 1. The first-order chi connectivity index (χ1) is 16.7. The van der Waals surface area contributed by atoms with Gasteiger partial charge in [0.2, 0.25) is 0 Å². The molecule has 0 unspecified atom stereocenters. The third kappa shape index (κ3) is 6.61. The Labute approximate surface area is 220 Å². The summed E-state index contributed by atoms with van der Waals surface area (Å²) in [5.74, 6) is -1.35. The lowest BCUT2D eigenvalue weighted by Crippen LogP contribution is -2.27. The number of nitrogens with zero attached hydrogens (tertiary/aromatic N) is 4. The summed E-state index contributed by atoms with van der Waals surface area (Å²) in [5, 5.41) is 12.8. The van der Waals surface area contributed by atoms with Gasteiger partial charge in [-0.1, -0.05) is 32.7 Å². The zero-order valence-electron chi connectivity index (χ0n) is 17.9. The van der Waals surface area contributed by atoms with Crippen LogP contribution in [0.5, 0.6) is 0 Å². The van der Waals surface area contributed by atoms with Gasteiger partial charge in [-0.05, 0) is 53.2 Å². The molecule has 3 rings (SSSR count). The van der Waals surface area contributed by atoms with E-state index < -0.39 is 23.9 Å². The SMILES string of the molecule is CCO/N=C/CNC(=O)c1cc(Br)cc(Br)c1NC(=O)c1cc(C(F)F)nn1-c1ncccc1Cl. The summed E-state index contributed by atoms with van der Waals surface area (Å²) in [6.45, 7) is 2.22. The maximum Gasteiger partial charge on any atom is 0.282 e. The predicted octanol–water partition coefficient (Wildman–Crippen LogP) is 5.39. The zero-order chi connectivity index (χ0) is 25.5. The Morgan fingerprint density at radius 1 is 1.29 bits per heavy atom. The van der Waals surface area contributed by atoms with Gasteiger partial charge in [-0.2, -0.15) is 5.10 Å². The van der Waals surface area contributed by atoms with Gasteiger partial charge < -0.3 is 15.5 Å². The van der Waals surface area contributed by atoms with Gasteiger partial charge in [0.25, 0.3) is 18.2 Å². The molecule has 1 aromatic carbocycles. The minimum absolute atomic E-state index is 0.00681. The molecule has 0 aliphatic rings. The zero-order valence-corrected chi connectivity index (χ0v) is 21.9. The minimum Gasteiger partial charge on any atom is -0.396 e. The van der Waals surface area contributed by atoms with E-state index >= 15 is 0 Å². The van der Waals surface area contributed by atoms with Crippen molar-refractivity contribution in [1.82, 2.24) is 20.1 Å². The number of benzene rings is 1. The fraction of sp³-hybridized carbons (Fsp3) is 0.190. The van der Waals surface area contributed by atoms with E-state index in [1.165, 1.54) is 24.5 Å². The molecule has 0 saturated heterocycles. The lowest BCUT2D eigenvalue weighted by molar-refractivity contribution is 0.0959. The van der Waals surface area contributed by atoms with Crippen LogP contribution < -0.4 is 10.6 Å². The van der Waals surface area contributed by atoms with E-state index in [4.69, 9.17) is 16.4 Å². The Kier molecular flexibility index (Phi) is 9.29. The van der Waals surface area contributed by atoms with Gasteiger partial charge in [0.1, 0.15) is 18.0 Å². The van der Waals surface area contributed by atoms with Crippen molar-refractivity contribution in [3.05, 3.63) is 67.4 Å². The second-order valence-corrected chi connectivity index (χ2v) is 8.83. The lowest BCUT2D eigenvalue weighted by atomic mass is 10.1. The molecule has 14 heteroatoms. The van der Waals surface area contributed by atoms with E-state index in [1.54, 1.807) is 19.1 Å². The summed E-state index contributed by atoms with van der Waals surface area (Å²) < 4.78 is 28.6. The molecule has 0 radical (unpaired) electrons. The maximum atomic E-state index is 13.4. The van der Waals surface area contributed by atoms with Gasteiger partial charge in [-0.25, -0.2) is 18.4 Å². The Balaban J connectivity index is 1.96. The smallest absolute Gasteiger partial charge is 0.282 e. The summed E-state index contributed by atoms with van der Waals surface area (Å²) in [6.07, 6.45) is -0.187. The van der Waals surface area contributed by atoms with Gasteiger partial charge in [-0.15, -0.1) is 0 Å². The first-order valence-corrected chi connectivity index (χ1v) is 11.9. The third-order valence-electron chi connectivity index (χ3n) is 4.29. The number of hydrogen-bond donors (Lipinski definition) is 2. The van der Waals surface area contributed by atoms with E-state index in [9.17, 15) is 18.4 Å². The van der Waals surface area contributed by atoms with Crippen LogP contribution in [0.2, 0.25) is 5.02 Å². The van der Waals surface area contributed by atoms with Crippen molar-refractivity contribution >= 4 is 67.2 Å². The Bertz CT molecular complexity index is 1270. The van der Waals surface area contributed by atoms with Crippen LogP contribution in [0.15, 0.2) is 50.6 Å². The van der Waals surface area contributed by atoms with Crippen molar-refractivity contribution in [3.8, 4) is 5.82 Å². The van der Waals surface area contributed by atoms with Crippen LogP contribution in [-0.2, 0) is 4.84 Å². The highest BCUT2D eigenvalue weighted by molar-refractivity contribution is 9.11. The fourth-order valence-corrected chi connectivity index (χ4v) is 4.34. The minimum atomic E-state index is -2.94. The number of hydrogen-bond acceptors (Lipinski definition) is 6. The number of alkyl halides is 2. The molecule has 0 aliphatic heterocycles. The molecule has 0 saturated carbocycles. The highest BCUT2D eigenvalue weighted by Crippen LogP contribution is 2.32. The van der Waals surface area contributed by atoms with Gasteiger partial charge in [-0.3, -0.25) is 9.59 Å². The molecule has 3 aromatic rings. The van der Waals surface area contributed by atoms with Crippen LogP contribution in [-0.4, -0.2) is 45.9 Å². The Morgan fingerprint density at radius 2 is 2.06 bits per heavy atom. The van der Waals surface area contributed by atoms with E-state index in [1.807, 2.05) is 0 Å². The fourth-order valence-electron chi connectivity index (χ4n) is 2.82.